The van der Waals surface area contributed by atoms with Gasteiger partial charge in [0.25, 0.3) is 0 Å². The van der Waals surface area contributed by atoms with Gasteiger partial charge in [-0.2, -0.15) is 0 Å². The molecule has 1 aromatic rings. The van der Waals surface area contributed by atoms with Crippen LogP contribution in [0.3, 0.4) is 0 Å². The molecule has 16 heavy (non-hydrogen) atoms. The molecule has 0 saturated heterocycles. The number of halogens is 1. The lowest BCUT2D eigenvalue weighted by Gasteiger charge is -2.12. The van der Waals surface area contributed by atoms with Gasteiger partial charge in [-0.3, -0.25) is 0 Å². The Bertz CT molecular complexity index is 358. The van der Waals surface area contributed by atoms with Gasteiger partial charge in [-0.1, -0.05) is 25.0 Å². The van der Waals surface area contributed by atoms with E-state index in [1.165, 1.54) is 18.4 Å². The molecule has 1 aliphatic rings. The maximum atomic E-state index is 13.6. The highest BCUT2D eigenvalue weighted by atomic mass is 19.1. The predicted octanol–water partition coefficient (Wildman–Crippen LogP) is 3.45. The molecular weight excluding hydrogens is 201 g/mol. The Hall–Kier alpha value is -0.890. The quantitative estimate of drug-likeness (QED) is 0.803. The Balaban J connectivity index is 2.07. The molecule has 1 fully saturated rings. The minimum absolute atomic E-state index is 0.0484. The van der Waals surface area contributed by atoms with Crippen molar-refractivity contribution in [3.63, 3.8) is 0 Å². The molecule has 0 aliphatic heterocycles. The Kier molecular flexibility index (Phi) is 3.59. The first-order chi connectivity index (χ1) is 7.70. The van der Waals surface area contributed by atoms with Crippen molar-refractivity contribution in [2.45, 2.75) is 38.6 Å². The molecule has 1 N–H and O–H groups in total. The number of rotatable bonds is 5. The van der Waals surface area contributed by atoms with Gasteiger partial charge in [-0.05, 0) is 49.9 Å². The minimum atomic E-state index is -0.0484. The van der Waals surface area contributed by atoms with Gasteiger partial charge < -0.3 is 5.32 Å². The second kappa shape index (κ2) is 4.96. The number of hydrogen-bond donors (Lipinski definition) is 1. The summed E-state index contributed by atoms with van der Waals surface area (Å²) in [4.78, 5) is 0. The predicted molar refractivity (Wildman–Crippen MR) is 64.9 cm³/mol. The lowest BCUT2D eigenvalue weighted by Crippen LogP contribution is -2.12. The minimum Gasteiger partial charge on any atom is -0.313 e. The summed E-state index contributed by atoms with van der Waals surface area (Å²) in [6.07, 6.45) is 4.72. The van der Waals surface area contributed by atoms with Crippen molar-refractivity contribution < 1.29 is 4.39 Å². The van der Waals surface area contributed by atoms with Crippen LogP contribution in [0, 0.1) is 11.7 Å². The fraction of sp³-hybridized carbons (Fsp3) is 0.571. The summed E-state index contributed by atoms with van der Waals surface area (Å²) >= 11 is 0. The van der Waals surface area contributed by atoms with E-state index in [4.69, 9.17) is 0 Å². The molecule has 1 atom stereocenters. The fourth-order valence-electron chi connectivity index (χ4n) is 1.99. The van der Waals surface area contributed by atoms with Crippen LogP contribution in [-0.4, -0.2) is 7.05 Å². The summed E-state index contributed by atoms with van der Waals surface area (Å²) in [5, 5.41) is 3.18. The molecule has 88 valence electrons. The van der Waals surface area contributed by atoms with E-state index in [2.05, 4.69) is 12.2 Å². The Morgan fingerprint density at radius 2 is 2.19 bits per heavy atom. The number of aryl methyl sites for hydroxylation is 1. The largest absolute Gasteiger partial charge is 0.313 e. The molecule has 1 aliphatic carbocycles. The topological polar surface area (TPSA) is 12.0 Å². The van der Waals surface area contributed by atoms with Crippen LogP contribution in [0.25, 0.3) is 0 Å². The lowest BCUT2D eigenvalue weighted by molar-refractivity contribution is 0.590. The summed E-state index contributed by atoms with van der Waals surface area (Å²) < 4.78 is 13.6. The zero-order valence-electron chi connectivity index (χ0n) is 10.1. The first-order valence-electron chi connectivity index (χ1n) is 6.16. The smallest absolute Gasteiger partial charge is 0.126 e. The maximum absolute atomic E-state index is 13.6. The second-order valence-corrected chi connectivity index (χ2v) is 4.84. The van der Waals surface area contributed by atoms with Crippen LogP contribution in [0.2, 0.25) is 0 Å². The highest BCUT2D eigenvalue weighted by Crippen LogP contribution is 2.34. The van der Waals surface area contributed by atoms with Gasteiger partial charge in [0.2, 0.25) is 0 Å². The molecule has 0 spiro atoms. The monoisotopic (exact) mass is 221 g/mol. The van der Waals surface area contributed by atoms with Crippen molar-refractivity contribution in [2.75, 3.05) is 7.05 Å². The molecular formula is C14H20FN. The van der Waals surface area contributed by atoms with Gasteiger partial charge in [0.1, 0.15) is 5.82 Å². The second-order valence-electron chi connectivity index (χ2n) is 4.84. The van der Waals surface area contributed by atoms with E-state index in [0.717, 1.165) is 24.3 Å². The van der Waals surface area contributed by atoms with Gasteiger partial charge in [0.15, 0.2) is 0 Å². The molecule has 0 bridgehead atoms. The van der Waals surface area contributed by atoms with Crippen LogP contribution < -0.4 is 5.32 Å². The average molecular weight is 221 g/mol. The standard InChI is InChI=1S/C14H20FN/c1-10(16-2)12-7-8-14(15)13(9-12)6-5-11-3-4-11/h7-11,16H,3-6H2,1-2H3. The normalized spacial score (nSPS) is 17.4. The first-order valence-corrected chi connectivity index (χ1v) is 6.16. The van der Waals surface area contributed by atoms with Crippen LogP contribution in [-0.2, 0) is 6.42 Å². The molecule has 2 heteroatoms. The molecule has 1 unspecified atom stereocenters. The molecule has 0 heterocycles. The summed E-state index contributed by atoms with van der Waals surface area (Å²) in [7, 11) is 1.93. The third-order valence-corrected chi connectivity index (χ3v) is 3.52. The molecule has 1 nitrogen and oxygen atoms in total. The van der Waals surface area contributed by atoms with Crippen molar-refractivity contribution in [2.24, 2.45) is 5.92 Å². The lowest BCUT2D eigenvalue weighted by atomic mass is 10.0. The van der Waals surface area contributed by atoms with Gasteiger partial charge >= 0.3 is 0 Å². The summed E-state index contributed by atoms with van der Waals surface area (Å²) in [5.41, 5.74) is 2.06. The SMILES string of the molecule is CNC(C)c1ccc(F)c(CCC2CC2)c1. The van der Waals surface area contributed by atoms with Gasteiger partial charge in [0, 0.05) is 6.04 Å². The van der Waals surface area contributed by atoms with Crippen LogP contribution in [0.4, 0.5) is 4.39 Å². The molecule has 0 aromatic heterocycles. The van der Waals surface area contributed by atoms with Gasteiger partial charge in [0.05, 0.1) is 0 Å². The highest BCUT2D eigenvalue weighted by Gasteiger charge is 2.21. The Morgan fingerprint density at radius 3 is 2.81 bits per heavy atom. The molecule has 2 rings (SSSR count). The van der Waals surface area contributed by atoms with E-state index in [0.29, 0.717) is 6.04 Å². The fourth-order valence-corrected chi connectivity index (χ4v) is 1.99. The van der Waals surface area contributed by atoms with Gasteiger partial charge in [-0.15, -0.1) is 0 Å². The Labute approximate surface area is 97.1 Å². The van der Waals surface area contributed by atoms with Gasteiger partial charge in [-0.25, -0.2) is 4.39 Å². The van der Waals surface area contributed by atoms with Crippen LogP contribution in [0.1, 0.15) is 43.4 Å². The van der Waals surface area contributed by atoms with Crippen LogP contribution in [0.5, 0.6) is 0 Å². The third-order valence-electron chi connectivity index (χ3n) is 3.52. The number of benzene rings is 1. The van der Waals surface area contributed by atoms with Crippen molar-refractivity contribution in [3.8, 4) is 0 Å². The number of hydrogen-bond acceptors (Lipinski definition) is 1. The summed E-state index contributed by atoms with van der Waals surface area (Å²) in [6.45, 7) is 2.10. The zero-order valence-corrected chi connectivity index (χ0v) is 10.1. The van der Waals surface area contributed by atoms with Crippen LogP contribution >= 0.6 is 0 Å². The maximum Gasteiger partial charge on any atom is 0.126 e. The van der Waals surface area contributed by atoms with E-state index in [-0.39, 0.29) is 5.82 Å². The van der Waals surface area contributed by atoms with E-state index in [1.54, 1.807) is 6.07 Å². The van der Waals surface area contributed by atoms with Crippen molar-refractivity contribution in [1.82, 2.24) is 5.32 Å². The van der Waals surface area contributed by atoms with E-state index >= 15 is 0 Å². The molecule has 1 saturated carbocycles. The molecule has 0 amide bonds. The summed E-state index contributed by atoms with van der Waals surface area (Å²) in [6, 6.07) is 5.78. The van der Waals surface area contributed by atoms with Crippen molar-refractivity contribution in [3.05, 3.63) is 35.1 Å². The van der Waals surface area contributed by atoms with Crippen molar-refractivity contribution in [1.29, 1.82) is 0 Å². The summed E-state index contributed by atoms with van der Waals surface area (Å²) in [5.74, 6) is 0.817. The molecule has 0 radical (unpaired) electrons. The van der Waals surface area contributed by atoms with E-state index in [9.17, 15) is 4.39 Å². The van der Waals surface area contributed by atoms with Crippen molar-refractivity contribution >= 4 is 0 Å². The molecule has 1 aromatic carbocycles. The van der Waals surface area contributed by atoms with Crippen LogP contribution in [0.15, 0.2) is 18.2 Å². The zero-order chi connectivity index (χ0) is 11.5. The Morgan fingerprint density at radius 1 is 1.44 bits per heavy atom. The average Bonchev–Trinajstić information content (AvgIpc) is 3.11. The van der Waals surface area contributed by atoms with E-state index < -0.39 is 0 Å². The highest BCUT2D eigenvalue weighted by molar-refractivity contribution is 5.27. The number of nitrogens with one attached hydrogen (secondary N) is 1. The van der Waals surface area contributed by atoms with E-state index in [1.807, 2.05) is 19.2 Å². The third kappa shape index (κ3) is 2.82. The first kappa shape index (κ1) is 11.6.